The van der Waals surface area contributed by atoms with Crippen molar-refractivity contribution in [2.24, 2.45) is 0 Å². The van der Waals surface area contributed by atoms with Gasteiger partial charge in [-0.05, 0) is 37.1 Å². The van der Waals surface area contributed by atoms with E-state index in [1.54, 1.807) is 12.1 Å². The molecule has 3 N–H and O–H groups in total. The van der Waals surface area contributed by atoms with Crippen molar-refractivity contribution in [3.8, 4) is 5.75 Å². The Hall–Kier alpha value is -2.80. The van der Waals surface area contributed by atoms with Gasteiger partial charge in [0.1, 0.15) is 12.6 Å². The number of ether oxygens (including phenoxy) is 2. The van der Waals surface area contributed by atoms with Crippen LogP contribution in [0.3, 0.4) is 0 Å². The molecule has 1 saturated heterocycles. The topological polar surface area (TPSA) is 109 Å². The number of amides is 3. The van der Waals surface area contributed by atoms with Crippen LogP contribution in [0, 0.1) is 0 Å². The number of nitrogens with zero attached hydrogens (tertiary/aromatic N) is 1. The molecule has 35 heavy (non-hydrogen) atoms. The van der Waals surface area contributed by atoms with Gasteiger partial charge < -0.3 is 30.3 Å². The maximum Gasteiger partial charge on any atom is 0.387 e. The van der Waals surface area contributed by atoms with Gasteiger partial charge in [0.05, 0.1) is 21.5 Å². The van der Waals surface area contributed by atoms with Gasteiger partial charge >= 0.3 is 6.61 Å². The molecular weight excluding hydrogens is 506 g/mol. The van der Waals surface area contributed by atoms with Crippen molar-refractivity contribution < 1.29 is 32.6 Å². The molecule has 2 heterocycles. The molecule has 1 saturated carbocycles. The van der Waals surface area contributed by atoms with Crippen molar-refractivity contribution in [3.05, 3.63) is 39.5 Å². The van der Waals surface area contributed by atoms with Gasteiger partial charge in [-0.1, -0.05) is 11.6 Å². The Balaban J connectivity index is 1.46. The lowest BCUT2D eigenvalue weighted by molar-refractivity contribution is -0.125. The second-order valence-corrected chi connectivity index (χ2v) is 9.67. The molecule has 188 valence electrons. The number of nitrogens with one attached hydrogen (secondary N) is 3. The average Bonchev–Trinajstić information content (AvgIpc) is 3.53. The van der Waals surface area contributed by atoms with E-state index in [1.165, 1.54) is 23.1 Å². The van der Waals surface area contributed by atoms with Gasteiger partial charge in [-0.2, -0.15) is 8.78 Å². The summed E-state index contributed by atoms with van der Waals surface area (Å²) >= 11 is 7.00. The van der Waals surface area contributed by atoms with Gasteiger partial charge in [0.2, 0.25) is 5.91 Å². The lowest BCUT2D eigenvalue weighted by Gasteiger charge is -2.28. The monoisotopic (exact) mass is 528 g/mol. The molecule has 4 rings (SSSR count). The molecule has 1 aromatic carbocycles. The van der Waals surface area contributed by atoms with Crippen LogP contribution in [0.1, 0.15) is 22.5 Å². The molecule has 1 aromatic heterocycles. The second kappa shape index (κ2) is 11.3. The Morgan fingerprint density at radius 3 is 2.71 bits per heavy atom. The van der Waals surface area contributed by atoms with Crippen LogP contribution in [-0.4, -0.2) is 62.7 Å². The number of hydrogen-bond acceptors (Lipinski definition) is 7. The van der Waals surface area contributed by atoms with Crippen LogP contribution in [0.25, 0.3) is 0 Å². The van der Waals surface area contributed by atoms with E-state index in [2.05, 4.69) is 20.7 Å². The first-order valence-corrected chi connectivity index (χ1v) is 12.1. The number of anilines is 2. The summed E-state index contributed by atoms with van der Waals surface area (Å²) < 4.78 is 36.3. The number of alkyl halides is 2. The molecule has 2 aromatic rings. The summed E-state index contributed by atoms with van der Waals surface area (Å²) in [7, 11) is 0. The van der Waals surface area contributed by atoms with E-state index in [-0.39, 0.29) is 61.3 Å². The molecule has 1 aliphatic heterocycles. The number of rotatable bonds is 10. The number of benzene rings is 1. The lowest BCUT2D eigenvalue weighted by atomic mass is 10.2. The molecular formula is C22H23ClF2N4O5S. The normalized spacial score (nSPS) is 16.8. The number of hydrogen-bond donors (Lipinski definition) is 3. The van der Waals surface area contributed by atoms with Crippen molar-refractivity contribution in [3.63, 3.8) is 0 Å². The van der Waals surface area contributed by atoms with Crippen LogP contribution >= 0.6 is 22.9 Å². The zero-order chi connectivity index (χ0) is 24.9. The molecule has 0 bridgehead atoms. The van der Waals surface area contributed by atoms with Crippen molar-refractivity contribution in [1.82, 2.24) is 10.6 Å². The standard InChI is InChI=1S/C22H23ClF2N4O5S/c23-18-6-5-17(35-18)21(32)26-10-14(27-12-1-2-12)20(31)28-13-3-4-15(16(9-13)34-22(24)25)29-7-8-33-11-19(29)30/h3-6,9,12,14,22,27H,1-2,7-8,10-11H2,(H,26,32)(H,28,31)/t14-/m1/s1. The Kier molecular flexibility index (Phi) is 8.16. The van der Waals surface area contributed by atoms with E-state index < -0.39 is 18.6 Å². The summed E-state index contributed by atoms with van der Waals surface area (Å²) in [6.45, 7) is -2.83. The van der Waals surface area contributed by atoms with Gasteiger partial charge in [-0.3, -0.25) is 14.4 Å². The van der Waals surface area contributed by atoms with Crippen LogP contribution in [0.15, 0.2) is 30.3 Å². The summed E-state index contributed by atoms with van der Waals surface area (Å²) in [5, 5.41) is 8.56. The van der Waals surface area contributed by atoms with E-state index in [0.717, 1.165) is 24.2 Å². The molecule has 0 unspecified atom stereocenters. The van der Waals surface area contributed by atoms with Crippen LogP contribution in [0.4, 0.5) is 20.2 Å². The van der Waals surface area contributed by atoms with Crippen molar-refractivity contribution in [1.29, 1.82) is 0 Å². The number of carbonyl (C=O) groups excluding carboxylic acids is 3. The summed E-state index contributed by atoms with van der Waals surface area (Å²) in [5.74, 6) is -1.45. The fourth-order valence-electron chi connectivity index (χ4n) is 3.49. The highest BCUT2D eigenvalue weighted by molar-refractivity contribution is 7.18. The van der Waals surface area contributed by atoms with Gasteiger partial charge in [-0.25, -0.2) is 0 Å². The van der Waals surface area contributed by atoms with Gasteiger partial charge in [0.15, 0.2) is 5.75 Å². The van der Waals surface area contributed by atoms with Crippen molar-refractivity contribution >= 4 is 52.0 Å². The van der Waals surface area contributed by atoms with Gasteiger partial charge in [-0.15, -0.1) is 11.3 Å². The minimum atomic E-state index is -3.12. The van der Waals surface area contributed by atoms with Crippen LogP contribution in [-0.2, 0) is 14.3 Å². The van der Waals surface area contributed by atoms with E-state index in [4.69, 9.17) is 16.3 Å². The first kappa shape index (κ1) is 25.3. The highest BCUT2D eigenvalue weighted by Crippen LogP contribution is 2.33. The summed E-state index contributed by atoms with van der Waals surface area (Å²) in [6, 6.07) is 6.77. The molecule has 3 amide bonds. The van der Waals surface area contributed by atoms with Crippen molar-refractivity contribution in [2.75, 3.05) is 36.5 Å². The predicted octanol–water partition coefficient (Wildman–Crippen LogP) is 2.86. The number of carbonyl (C=O) groups is 3. The van der Waals surface area contributed by atoms with Crippen LogP contribution in [0.5, 0.6) is 5.75 Å². The fraction of sp³-hybridized carbons (Fsp3) is 0.409. The summed E-state index contributed by atoms with van der Waals surface area (Å²) in [5.41, 5.74) is 0.361. The maximum absolute atomic E-state index is 13.1. The van der Waals surface area contributed by atoms with Crippen molar-refractivity contribution in [2.45, 2.75) is 31.5 Å². The zero-order valence-corrected chi connectivity index (χ0v) is 20.0. The first-order chi connectivity index (χ1) is 16.8. The molecule has 13 heteroatoms. The van der Waals surface area contributed by atoms with E-state index in [0.29, 0.717) is 9.21 Å². The molecule has 2 fully saturated rings. The Morgan fingerprint density at radius 2 is 2.06 bits per heavy atom. The molecule has 0 radical (unpaired) electrons. The first-order valence-electron chi connectivity index (χ1n) is 10.9. The Morgan fingerprint density at radius 1 is 1.26 bits per heavy atom. The highest BCUT2D eigenvalue weighted by atomic mass is 35.5. The Bertz CT molecular complexity index is 1100. The zero-order valence-electron chi connectivity index (χ0n) is 18.4. The molecule has 2 aliphatic rings. The molecule has 9 nitrogen and oxygen atoms in total. The third kappa shape index (κ3) is 6.88. The molecule has 0 spiro atoms. The quantitative estimate of drug-likeness (QED) is 0.437. The third-order valence-electron chi connectivity index (χ3n) is 5.31. The predicted molar refractivity (Wildman–Crippen MR) is 126 cm³/mol. The lowest BCUT2D eigenvalue weighted by Crippen LogP contribution is -2.49. The van der Waals surface area contributed by atoms with Crippen LogP contribution < -0.4 is 25.6 Å². The smallest absolute Gasteiger partial charge is 0.387 e. The highest BCUT2D eigenvalue weighted by Gasteiger charge is 2.30. The third-order valence-corrected chi connectivity index (χ3v) is 6.54. The number of halogens is 3. The van der Waals surface area contributed by atoms with Crippen LogP contribution in [0.2, 0.25) is 4.34 Å². The van der Waals surface area contributed by atoms with Gasteiger partial charge in [0.25, 0.3) is 11.8 Å². The van der Waals surface area contributed by atoms with E-state index in [9.17, 15) is 23.2 Å². The second-order valence-electron chi connectivity index (χ2n) is 7.96. The Labute approximate surface area is 208 Å². The summed E-state index contributed by atoms with van der Waals surface area (Å²) in [6.07, 6.45) is 1.82. The van der Waals surface area contributed by atoms with E-state index in [1.807, 2.05) is 0 Å². The maximum atomic E-state index is 13.1. The SMILES string of the molecule is O=C(NC[C@@H](NC1CC1)C(=O)Nc1ccc(N2CCOCC2=O)c(OC(F)F)c1)c1ccc(Cl)s1. The number of morpholine rings is 1. The fourth-order valence-corrected chi connectivity index (χ4v) is 4.45. The average molecular weight is 529 g/mol. The van der Waals surface area contributed by atoms with Gasteiger partial charge in [0, 0.05) is 30.9 Å². The summed E-state index contributed by atoms with van der Waals surface area (Å²) in [4.78, 5) is 39.2. The molecule has 1 aliphatic carbocycles. The van der Waals surface area contributed by atoms with E-state index >= 15 is 0 Å². The minimum Gasteiger partial charge on any atom is -0.433 e. The number of thiophene rings is 1. The minimum absolute atomic E-state index is 0.0113. The molecule has 1 atom stereocenters. The largest absolute Gasteiger partial charge is 0.433 e.